The summed E-state index contributed by atoms with van der Waals surface area (Å²) >= 11 is 3.49. The molecule has 0 bridgehead atoms. The Hall–Kier alpha value is -1.52. The topological polar surface area (TPSA) is 30.5 Å². The van der Waals surface area contributed by atoms with Crippen LogP contribution in [0.1, 0.15) is 22.7 Å². The van der Waals surface area contributed by atoms with Crippen molar-refractivity contribution in [2.75, 3.05) is 20.8 Å². The van der Waals surface area contributed by atoms with Crippen molar-refractivity contribution in [3.8, 4) is 11.5 Å². The number of hydrogen-bond acceptors (Lipinski definition) is 3. The van der Waals surface area contributed by atoms with Gasteiger partial charge in [-0.2, -0.15) is 0 Å². The second-order valence-corrected chi connectivity index (χ2v) is 6.41. The van der Waals surface area contributed by atoms with Gasteiger partial charge in [-0.3, -0.25) is 0 Å². The van der Waals surface area contributed by atoms with Gasteiger partial charge in [-0.1, -0.05) is 28.1 Å². The number of rotatable bonds is 4. The third kappa shape index (κ3) is 3.13. The second-order valence-electron chi connectivity index (χ2n) is 5.49. The lowest BCUT2D eigenvalue weighted by Crippen LogP contribution is -2.31. The molecule has 1 unspecified atom stereocenters. The van der Waals surface area contributed by atoms with Crippen LogP contribution in [0.2, 0.25) is 0 Å². The smallest absolute Gasteiger partial charge is 0.127 e. The summed E-state index contributed by atoms with van der Waals surface area (Å²) in [7, 11) is 3.42. The molecule has 1 aliphatic heterocycles. The van der Waals surface area contributed by atoms with Crippen LogP contribution in [0.3, 0.4) is 0 Å². The first-order chi connectivity index (χ1) is 10.7. The van der Waals surface area contributed by atoms with Crippen LogP contribution in [0.25, 0.3) is 0 Å². The number of benzene rings is 2. The zero-order valence-corrected chi connectivity index (χ0v) is 14.4. The van der Waals surface area contributed by atoms with Crippen molar-refractivity contribution in [3.05, 3.63) is 57.6 Å². The molecule has 2 aromatic carbocycles. The van der Waals surface area contributed by atoms with Gasteiger partial charge in [0.25, 0.3) is 0 Å². The fourth-order valence-electron chi connectivity index (χ4n) is 3.06. The van der Waals surface area contributed by atoms with E-state index >= 15 is 0 Å². The molecule has 3 nitrogen and oxygen atoms in total. The Morgan fingerprint density at radius 1 is 1.14 bits per heavy atom. The average molecular weight is 362 g/mol. The predicted molar refractivity (Wildman–Crippen MR) is 91.8 cm³/mol. The van der Waals surface area contributed by atoms with Crippen molar-refractivity contribution in [3.63, 3.8) is 0 Å². The van der Waals surface area contributed by atoms with E-state index in [9.17, 15) is 0 Å². The van der Waals surface area contributed by atoms with Crippen molar-refractivity contribution in [1.82, 2.24) is 5.32 Å². The maximum absolute atomic E-state index is 5.61. The number of halogens is 1. The van der Waals surface area contributed by atoms with E-state index in [1.807, 2.05) is 6.07 Å². The Kier molecular flexibility index (Phi) is 4.69. The fourth-order valence-corrected chi connectivity index (χ4v) is 3.32. The third-order valence-electron chi connectivity index (χ3n) is 4.14. The Labute approximate surface area is 139 Å². The summed E-state index contributed by atoms with van der Waals surface area (Å²) in [5.41, 5.74) is 3.89. The molecule has 116 valence electrons. The van der Waals surface area contributed by atoms with Gasteiger partial charge >= 0.3 is 0 Å². The highest BCUT2D eigenvalue weighted by Gasteiger charge is 2.25. The summed E-state index contributed by atoms with van der Waals surface area (Å²) in [5, 5.41) is 3.62. The second kappa shape index (κ2) is 6.71. The Balaban J connectivity index is 1.94. The quantitative estimate of drug-likeness (QED) is 0.895. The van der Waals surface area contributed by atoms with E-state index in [4.69, 9.17) is 9.47 Å². The van der Waals surface area contributed by atoms with Crippen LogP contribution in [-0.2, 0) is 12.8 Å². The molecule has 3 rings (SSSR count). The normalized spacial score (nSPS) is 17.0. The zero-order chi connectivity index (χ0) is 15.5. The minimum atomic E-state index is 0.269. The van der Waals surface area contributed by atoms with Crippen molar-refractivity contribution >= 4 is 15.9 Å². The van der Waals surface area contributed by atoms with E-state index in [1.165, 1.54) is 16.7 Å². The summed E-state index contributed by atoms with van der Waals surface area (Å²) in [6, 6.07) is 12.9. The van der Waals surface area contributed by atoms with E-state index in [-0.39, 0.29) is 6.04 Å². The first kappa shape index (κ1) is 15.4. The Bertz CT molecular complexity index is 638. The first-order valence-corrected chi connectivity index (χ1v) is 8.23. The first-order valence-electron chi connectivity index (χ1n) is 7.44. The zero-order valence-electron chi connectivity index (χ0n) is 12.9. The molecule has 0 saturated carbocycles. The van der Waals surface area contributed by atoms with Crippen LogP contribution in [0.15, 0.2) is 40.9 Å². The monoisotopic (exact) mass is 361 g/mol. The van der Waals surface area contributed by atoms with Gasteiger partial charge in [0.1, 0.15) is 11.5 Å². The average Bonchev–Trinajstić information content (AvgIpc) is 2.56. The number of nitrogens with one attached hydrogen (secondary N) is 1. The molecule has 0 fully saturated rings. The Morgan fingerprint density at radius 2 is 1.91 bits per heavy atom. The molecular weight excluding hydrogens is 342 g/mol. The fraction of sp³-hybridized carbons (Fsp3) is 0.333. The molecule has 0 radical (unpaired) electrons. The number of hydrogen-bond donors (Lipinski definition) is 1. The van der Waals surface area contributed by atoms with Crippen LogP contribution >= 0.6 is 15.9 Å². The van der Waals surface area contributed by atoms with Gasteiger partial charge < -0.3 is 14.8 Å². The van der Waals surface area contributed by atoms with E-state index in [0.29, 0.717) is 0 Å². The van der Waals surface area contributed by atoms with Crippen LogP contribution < -0.4 is 14.8 Å². The lowest BCUT2D eigenvalue weighted by molar-refractivity contribution is 0.377. The number of ether oxygens (including phenoxy) is 2. The van der Waals surface area contributed by atoms with Crippen LogP contribution in [0.5, 0.6) is 11.5 Å². The summed E-state index contributed by atoms with van der Waals surface area (Å²) < 4.78 is 12.1. The lowest BCUT2D eigenvalue weighted by atomic mass is 9.89. The molecule has 0 amide bonds. The lowest BCUT2D eigenvalue weighted by Gasteiger charge is -2.29. The van der Waals surface area contributed by atoms with Crippen LogP contribution in [-0.4, -0.2) is 20.8 Å². The largest absolute Gasteiger partial charge is 0.497 e. The maximum atomic E-state index is 5.61. The molecule has 1 atom stereocenters. The SMILES string of the molecule is COc1cc2c(c(OC)c1)C(Cc1ccc(Br)cc1)NCC2. The molecule has 0 aliphatic carbocycles. The highest BCUT2D eigenvalue weighted by atomic mass is 79.9. The highest BCUT2D eigenvalue weighted by molar-refractivity contribution is 9.10. The van der Waals surface area contributed by atoms with Crippen LogP contribution in [0.4, 0.5) is 0 Å². The minimum absolute atomic E-state index is 0.269. The van der Waals surface area contributed by atoms with Gasteiger partial charge in [-0.15, -0.1) is 0 Å². The van der Waals surface area contributed by atoms with Gasteiger partial charge in [0.05, 0.1) is 14.2 Å². The molecule has 2 aromatic rings. The molecular formula is C18H20BrNO2. The van der Waals surface area contributed by atoms with E-state index in [1.54, 1.807) is 14.2 Å². The summed E-state index contributed by atoms with van der Waals surface area (Å²) in [5.74, 6) is 1.77. The van der Waals surface area contributed by atoms with Gasteiger partial charge in [0, 0.05) is 22.1 Å². The molecule has 0 spiro atoms. The van der Waals surface area contributed by atoms with Gasteiger partial charge in [-0.05, 0) is 48.7 Å². The third-order valence-corrected chi connectivity index (χ3v) is 4.67. The van der Waals surface area contributed by atoms with Gasteiger partial charge in [0.2, 0.25) is 0 Å². The number of methoxy groups -OCH3 is 2. The van der Waals surface area contributed by atoms with Gasteiger partial charge in [-0.25, -0.2) is 0 Å². The molecule has 22 heavy (non-hydrogen) atoms. The molecule has 1 heterocycles. The number of fused-ring (bicyclic) bond motifs is 1. The molecule has 4 heteroatoms. The van der Waals surface area contributed by atoms with E-state index < -0.39 is 0 Å². The van der Waals surface area contributed by atoms with Crippen molar-refractivity contribution in [1.29, 1.82) is 0 Å². The van der Waals surface area contributed by atoms with E-state index in [2.05, 4.69) is 51.6 Å². The highest BCUT2D eigenvalue weighted by Crippen LogP contribution is 2.37. The molecule has 0 aromatic heterocycles. The van der Waals surface area contributed by atoms with Crippen molar-refractivity contribution < 1.29 is 9.47 Å². The van der Waals surface area contributed by atoms with Gasteiger partial charge in [0.15, 0.2) is 0 Å². The molecule has 1 N–H and O–H groups in total. The van der Waals surface area contributed by atoms with Crippen LogP contribution in [0, 0.1) is 0 Å². The summed E-state index contributed by atoms with van der Waals surface area (Å²) in [6.07, 6.45) is 1.95. The van der Waals surface area contributed by atoms with Crippen molar-refractivity contribution in [2.45, 2.75) is 18.9 Å². The standard InChI is InChI=1S/C18H20BrNO2/c1-21-15-10-13-7-8-20-16(18(13)17(11-15)22-2)9-12-3-5-14(19)6-4-12/h3-6,10-11,16,20H,7-9H2,1-2H3. The Morgan fingerprint density at radius 3 is 2.59 bits per heavy atom. The molecule has 1 aliphatic rings. The summed E-state index contributed by atoms with van der Waals surface area (Å²) in [4.78, 5) is 0. The van der Waals surface area contributed by atoms with E-state index in [0.717, 1.165) is 35.4 Å². The predicted octanol–water partition coefficient (Wildman–Crippen LogP) is 3.90. The van der Waals surface area contributed by atoms with Crippen molar-refractivity contribution in [2.24, 2.45) is 0 Å². The maximum Gasteiger partial charge on any atom is 0.127 e. The molecule has 0 saturated heterocycles. The minimum Gasteiger partial charge on any atom is -0.497 e. The summed E-state index contributed by atoms with van der Waals surface area (Å²) in [6.45, 7) is 0.977.